The summed E-state index contributed by atoms with van der Waals surface area (Å²) in [6, 6.07) is 0. The highest BCUT2D eigenvalue weighted by Gasteiger charge is 2.25. The molecule has 2 heterocycles. The minimum absolute atomic E-state index is 0.00624. The largest absolute Gasteiger partial charge is 0.381 e. The molecule has 17 heavy (non-hydrogen) atoms. The summed E-state index contributed by atoms with van der Waals surface area (Å²) in [4.78, 5) is 6.22. The van der Waals surface area contributed by atoms with Gasteiger partial charge in [-0.2, -0.15) is 0 Å². The number of nitrogen functional groups attached to an aromatic ring is 1. The molecule has 1 aliphatic heterocycles. The Morgan fingerprint density at radius 2 is 2.12 bits per heavy atom. The molecule has 0 aliphatic carbocycles. The molecular formula is C8H15N5O3S. The number of aromatic nitrogens is 2. The van der Waals surface area contributed by atoms with Crippen LogP contribution in [0.15, 0.2) is 11.4 Å². The molecule has 9 heteroatoms. The summed E-state index contributed by atoms with van der Waals surface area (Å²) >= 11 is 0. The highest BCUT2D eigenvalue weighted by atomic mass is 32.2. The Bertz CT molecular complexity index is 472. The first-order valence-electron chi connectivity index (χ1n) is 5.12. The lowest BCUT2D eigenvalue weighted by molar-refractivity contribution is 0.0271. The lowest BCUT2D eigenvalue weighted by atomic mass is 10.5. The molecule has 0 saturated carbocycles. The van der Waals surface area contributed by atoms with Crippen molar-refractivity contribution in [1.29, 1.82) is 0 Å². The number of nitrogens with two attached hydrogens (primary N) is 1. The highest BCUT2D eigenvalue weighted by molar-refractivity contribution is 7.89. The molecule has 1 fully saturated rings. The van der Waals surface area contributed by atoms with Crippen molar-refractivity contribution in [3.05, 3.63) is 6.33 Å². The van der Waals surface area contributed by atoms with Gasteiger partial charge in [0, 0.05) is 20.1 Å². The van der Waals surface area contributed by atoms with E-state index in [1.54, 1.807) is 12.1 Å². The summed E-state index contributed by atoms with van der Waals surface area (Å²) in [5.74, 6) is -0.00624. The second-order valence-corrected chi connectivity index (χ2v) is 5.32. The van der Waals surface area contributed by atoms with E-state index in [2.05, 4.69) is 9.82 Å². The van der Waals surface area contributed by atoms with Gasteiger partial charge in [-0.15, -0.1) is 4.83 Å². The van der Waals surface area contributed by atoms with E-state index < -0.39 is 10.0 Å². The molecule has 0 unspecified atom stereocenters. The van der Waals surface area contributed by atoms with Crippen LogP contribution < -0.4 is 10.6 Å². The Hall–Kier alpha value is -1.16. The van der Waals surface area contributed by atoms with E-state index in [1.165, 1.54) is 10.9 Å². The van der Waals surface area contributed by atoms with Gasteiger partial charge in [-0.3, -0.25) is 0 Å². The topological polar surface area (TPSA) is 102 Å². The van der Waals surface area contributed by atoms with E-state index in [-0.39, 0.29) is 10.8 Å². The van der Waals surface area contributed by atoms with Crippen LogP contribution in [-0.4, -0.2) is 49.3 Å². The van der Waals surface area contributed by atoms with Crippen LogP contribution in [0.2, 0.25) is 0 Å². The minimum atomic E-state index is -3.68. The number of sulfonamides is 1. The van der Waals surface area contributed by atoms with Crippen molar-refractivity contribution in [2.45, 2.75) is 5.03 Å². The Kier molecular flexibility index (Phi) is 3.33. The molecule has 2 rings (SSSR count). The maximum absolute atomic E-state index is 12.1. The van der Waals surface area contributed by atoms with Crippen LogP contribution in [0.25, 0.3) is 0 Å². The second kappa shape index (κ2) is 4.61. The van der Waals surface area contributed by atoms with E-state index in [0.717, 1.165) is 0 Å². The molecule has 1 saturated heterocycles. The highest BCUT2D eigenvalue weighted by Crippen LogP contribution is 2.15. The molecular weight excluding hydrogens is 246 g/mol. The number of nitrogens with one attached hydrogen (secondary N) is 1. The molecule has 0 amide bonds. The SMILES string of the molecule is Cn1cnc(N)c1S(=O)(=O)NN1CCOCC1. The zero-order valence-electron chi connectivity index (χ0n) is 9.46. The summed E-state index contributed by atoms with van der Waals surface area (Å²) in [6.07, 6.45) is 1.36. The first-order valence-corrected chi connectivity index (χ1v) is 6.61. The molecule has 96 valence electrons. The van der Waals surface area contributed by atoms with Crippen molar-refractivity contribution in [1.82, 2.24) is 19.4 Å². The zero-order chi connectivity index (χ0) is 12.5. The van der Waals surface area contributed by atoms with Gasteiger partial charge in [-0.1, -0.05) is 0 Å². The monoisotopic (exact) mass is 261 g/mol. The first-order chi connectivity index (χ1) is 8.00. The fourth-order valence-electron chi connectivity index (χ4n) is 1.63. The van der Waals surface area contributed by atoms with Crippen molar-refractivity contribution in [3.8, 4) is 0 Å². The van der Waals surface area contributed by atoms with Gasteiger partial charge in [0.2, 0.25) is 0 Å². The average molecular weight is 261 g/mol. The predicted octanol–water partition coefficient (Wildman–Crippen LogP) is -1.47. The fraction of sp³-hybridized carbons (Fsp3) is 0.625. The molecule has 1 aromatic heterocycles. The standard InChI is InChI=1S/C8H15N5O3S/c1-12-6-10-7(9)8(12)17(14,15)11-13-2-4-16-5-3-13/h6,11H,2-5,9H2,1H3. The van der Waals surface area contributed by atoms with E-state index in [9.17, 15) is 8.42 Å². The minimum Gasteiger partial charge on any atom is -0.381 e. The predicted molar refractivity (Wildman–Crippen MR) is 60.3 cm³/mol. The maximum atomic E-state index is 12.1. The van der Waals surface area contributed by atoms with Crippen molar-refractivity contribution in [2.24, 2.45) is 7.05 Å². The fourth-order valence-corrected chi connectivity index (χ4v) is 3.00. The lowest BCUT2D eigenvalue weighted by Gasteiger charge is -2.26. The second-order valence-electron chi connectivity index (χ2n) is 3.74. The van der Waals surface area contributed by atoms with Gasteiger partial charge in [0.15, 0.2) is 10.8 Å². The number of imidazole rings is 1. The molecule has 0 radical (unpaired) electrons. The number of nitrogens with zero attached hydrogens (tertiary/aromatic N) is 3. The number of hydrazine groups is 1. The molecule has 8 nitrogen and oxygen atoms in total. The van der Waals surface area contributed by atoms with Crippen LogP contribution in [0, 0.1) is 0 Å². The summed E-state index contributed by atoms with van der Waals surface area (Å²) in [5.41, 5.74) is 5.54. The van der Waals surface area contributed by atoms with Crippen molar-refractivity contribution in [2.75, 3.05) is 32.0 Å². The normalized spacial score (nSPS) is 18.4. The van der Waals surface area contributed by atoms with Crippen molar-refractivity contribution in [3.63, 3.8) is 0 Å². The number of aryl methyl sites for hydroxylation is 1. The number of ether oxygens (including phenoxy) is 1. The number of rotatable bonds is 3. The van der Waals surface area contributed by atoms with E-state index in [4.69, 9.17) is 10.5 Å². The average Bonchev–Trinajstić information content (AvgIpc) is 2.59. The van der Waals surface area contributed by atoms with Crippen LogP contribution in [0.1, 0.15) is 0 Å². The number of hydrogen-bond acceptors (Lipinski definition) is 6. The Morgan fingerprint density at radius 3 is 2.65 bits per heavy atom. The summed E-state index contributed by atoms with van der Waals surface area (Å²) in [5, 5.41) is 1.56. The zero-order valence-corrected chi connectivity index (χ0v) is 10.3. The van der Waals surface area contributed by atoms with Gasteiger partial charge in [-0.25, -0.2) is 18.4 Å². The molecule has 0 atom stereocenters. The third-order valence-corrected chi connectivity index (χ3v) is 3.93. The smallest absolute Gasteiger partial charge is 0.272 e. The van der Waals surface area contributed by atoms with E-state index >= 15 is 0 Å². The van der Waals surface area contributed by atoms with Gasteiger partial charge in [-0.05, 0) is 0 Å². The molecule has 0 spiro atoms. The Morgan fingerprint density at radius 1 is 1.47 bits per heavy atom. The quantitative estimate of drug-likeness (QED) is 0.688. The van der Waals surface area contributed by atoms with Crippen LogP contribution in [0.4, 0.5) is 5.82 Å². The molecule has 0 bridgehead atoms. The molecule has 1 aliphatic rings. The Labute approximate surface area is 99.4 Å². The van der Waals surface area contributed by atoms with Gasteiger partial charge in [0.25, 0.3) is 10.0 Å². The van der Waals surface area contributed by atoms with E-state index in [1.807, 2.05) is 0 Å². The summed E-state index contributed by atoms with van der Waals surface area (Å²) in [7, 11) is -2.10. The molecule has 0 aromatic carbocycles. The van der Waals surface area contributed by atoms with Gasteiger partial charge >= 0.3 is 0 Å². The third kappa shape index (κ3) is 2.57. The van der Waals surface area contributed by atoms with Crippen molar-refractivity contribution >= 4 is 15.8 Å². The van der Waals surface area contributed by atoms with Gasteiger partial charge in [0.05, 0.1) is 19.5 Å². The summed E-state index contributed by atoms with van der Waals surface area (Å²) in [6.45, 7) is 2.03. The number of anilines is 1. The first kappa shape index (κ1) is 12.3. The molecule has 3 N–H and O–H groups in total. The number of morpholine rings is 1. The van der Waals surface area contributed by atoms with Crippen LogP contribution in [0.5, 0.6) is 0 Å². The maximum Gasteiger partial charge on any atom is 0.272 e. The lowest BCUT2D eigenvalue weighted by Crippen LogP contribution is -2.48. The number of hydrogen-bond donors (Lipinski definition) is 2. The summed E-state index contributed by atoms with van der Waals surface area (Å²) < 4.78 is 30.6. The van der Waals surface area contributed by atoms with Crippen LogP contribution in [0.3, 0.4) is 0 Å². The van der Waals surface area contributed by atoms with Gasteiger partial charge < -0.3 is 15.0 Å². The van der Waals surface area contributed by atoms with E-state index in [0.29, 0.717) is 26.3 Å². The van der Waals surface area contributed by atoms with Crippen LogP contribution >= 0.6 is 0 Å². The molecule has 1 aromatic rings. The van der Waals surface area contributed by atoms with Crippen molar-refractivity contribution < 1.29 is 13.2 Å². The third-order valence-electron chi connectivity index (χ3n) is 2.42. The van der Waals surface area contributed by atoms with Crippen LogP contribution in [-0.2, 0) is 21.8 Å². The Balaban J connectivity index is 2.19. The van der Waals surface area contributed by atoms with Gasteiger partial charge in [0.1, 0.15) is 0 Å².